The molecule has 1 aliphatic rings. The van der Waals surface area contributed by atoms with Crippen LogP contribution in [0.4, 0.5) is 0 Å². The van der Waals surface area contributed by atoms with E-state index in [9.17, 15) is 4.79 Å². The highest BCUT2D eigenvalue weighted by Crippen LogP contribution is 2.31. The number of carbonyl (C=O) groups is 1. The van der Waals surface area contributed by atoms with Crippen molar-refractivity contribution in [3.8, 4) is 0 Å². The van der Waals surface area contributed by atoms with Gasteiger partial charge in [-0.25, -0.2) is 0 Å². The maximum absolute atomic E-state index is 12.5. The molecule has 0 spiro atoms. The van der Waals surface area contributed by atoms with E-state index in [4.69, 9.17) is 0 Å². The largest absolute Gasteiger partial charge is 0.299 e. The molecule has 1 saturated carbocycles. The fourth-order valence-electron chi connectivity index (χ4n) is 3.05. The second-order valence-corrected chi connectivity index (χ2v) is 6.59. The van der Waals surface area contributed by atoms with Crippen molar-refractivity contribution in [3.05, 3.63) is 15.9 Å². The minimum atomic E-state index is 0.260. The average molecular weight is 327 g/mol. The van der Waals surface area contributed by atoms with Crippen molar-refractivity contribution in [2.75, 3.05) is 0 Å². The fourth-order valence-corrected chi connectivity index (χ4v) is 3.80. The van der Waals surface area contributed by atoms with Gasteiger partial charge in [-0.05, 0) is 41.1 Å². The second kappa shape index (κ2) is 6.21. The molecular weight excluding hydrogens is 304 g/mol. The molecule has 0 aliphatic heterocycles. The third kappa shape index (κ3) is 3.28. The molecule has 1 fully saturated rings. The van der Waals surface area contributed by atoms with Gasteiger partial charge in [-0.3, -0.25) is 9.48 Å². The predicted molar refractivity (Wildman–Crippen MR) is 80.1 cm³/mol. The number of ketones is 1. The van der Waals surface area contributed by atoms with E-state index in [1.807, 2.05) is 11.7 Å². The Morgan fingerprint density at radius 3 is 2.79 bits per heavy atom. The first-order chi connectivity index (χ1) is 9.02. The van der Waals surface area contributed by atoms with Gasteiger partial charge in [0, 0.05) is 19.4 Å². The third-order valence-electron chi connectivity index (χ3n) is 4.24. The van der Waals surface area contributed by atoms with Crippen molar-refractivity contribution in [2.45, 2.75) is 52.4 Å². The Bertz CT molecular complexity index is 467. The van der Waals surface area contributed by atoms with Gasteiger partial charge in [-0.15, -0.1) is 0 Å². The molecule has 1 heterocycles. The Balaban J connectivity index is 2.08. The molecule has 0 saturated heterocycles. The number of rotatable bonds is 4. The van der Waals surface area contributed by atoms with Crippen molar-refractivity contribution < 1.29 is 4.79 Å². The zero-order chi connectivity index (χ0) is 14.0. The van der Waals surface area contributed by atoms with Crippen LogP contribution < -0.4 is 0 Å². The number of hydrogen-bond acceptors (Lipinski definition) is 2. The topological polar surface area (TPSA) is 34.9 Å². The third-order valence-corrected chi connectivity index (χ3v) is 5.15. The Labute approximate surface area is 123 Å². The molecule has 0 aromatic carbocycles. The van der Waals surface area contributed by atoms with Crippen LogP contribution in [0.15, 0.2) is 4.47 Å². The predicted octanol–water partition coefficient (Wildman–Crippen LogP) is 3.68. The van der Waals surface area contributed by atoms with Gasteiger partial charge < -0.3 is 0 Å². The number of aromatic nitrogens is 2. The van der Waals surface area contributed by atoms with Gasteiger partial charge in [0.25, 0.3) is 0 Å². The molecule has 106 valence electrons. The molecule has 2 rings (SSSR count). The van der Waals surface area contributed by atoms with Crippen LogP contribution in [-0.2, 0) is 24.7 Å². The Morgan fingerprint density at radius 2 is 2.21 bits per heavy atom. The molecular formula is C15H23BrN2O. The Kier molecular flexibility index (Phi) is 4.82. The lowest BCUT2D eigenvalue weighted by Crippen LogP contribution is -2.24. The smallest absolute Gasteiger partial charge is 0.141 e. The van der Waals surface area contributed by atoms with E-state index in [2.05, 4.69) is 34.9 Å². The SMILES string of the molecule is CCc1nn(C)c(CC(=O)C2CCCC(C)C2)c1Br. The average Bonchev–Trinajstić information content (AvgIpc) is 2.66. The first-order valence-electron chi connectivity index (χ1n) is 7.25. The van der Waals surface area contributed by atoms with Crippen molar-refractivity contribution in [1.82, 2.24) is 9.78 Å². The first-order valence-corrected chi connectivity index (χ1v) is 8.05. The normalized spacial score (nSPS) is 23.6. The summed E-state index contributed by atoms with van der Waals surface area (Å²) >= 11 is 3.59. The first kappa shape index (κ1) is 14.8. The van der Waals surface area contributed by atoms with Crippen LogP contribution in [0.2, 0.25) is 0 Å². The Hall–Kier alpha value is -0.640. The van der Waals surface area contributed by atoms with E-state index in [-0.39, 0.29) is 5.92 Å². The van der Waals surface area contributed by atoms with Crippen LogP contribution in [-0.4, -0.2) is 15.6 Å². The van der Waals surface area contributed by atoms with Crippen molar-refractivity contribution in [1.29, 1.82) is 0 Å². The highest BCUT2D eigenvalue weighted by molar-refractivity contribution is 9.10. The van der Waals surface area contributed by atoms with Crippen molar-refractivity contribution in [2.24, 2.45) is 18.9 Å². The van der Waals surface area contributed by atoms with Crippen molar-refractivity contribution >= 4 is 21.7 Å². The van der Waals surface area contributed by atoms with E-state index in [0.29, 0.717) is 18.1 Å². The summed E-state index contributed by atoms with van der Waals surface area (Å²) in [6, 6.07) is 0. The standard InChI is InChI=1S/C15H23BrN2O/c1-4-12-15(16)13(18(3)17-12)9-14(19)11-7-5-6-10(2)8-11/h10-11H,4-9H2,1-3H3. The fraction of sp³-hybridized carbons (Fsp3) is 0.733. The number of aryl methyl sites for hydroxylation is 2. The quantitative estimate of drug-likeness (QED) is 0.845. The molecule has 1 aromatic rings. The van der Waals surface area contributed by atoms with Gasteiger partial charge in [0.2, 0.25) is 0 Å². The summed E-state index contributed by atoms with van der Waals surface area (Å²) in [4.78, 5) is 12.5. The monoisotopic (exact) mass is 326 g/mol. The molecule has 2 unspecified atom stereocenters. The molecule has 2 atom stereocenters. The lowest BCUT2D eigenvalue weighted by molar-refractivity contribution is -0.123. The minimum absolute atomic E-state index is 0.260. The van der Waals surface area contributed by atoms with Gasteiger partial charge in [0.05, 0.1) is 15.9 Å². The highest BCUT2D eigenvalue weighted by Gasteiger charge is 2.26. The Morgan fingerprint density at radius 1 is 1.47 bits per heavy atom. The number of Topliss-reactive ketones (excluding diaryl/α,β-unsaturated/α-hetero) is 1. The maximum atomic E-state index is 12.5. The van der Waals surface area contributed by atoms with Crippen molar-refractivity contribution in [3.63, 3.8) is 0 Å². The lowest BCUT2D eigenvalue weighted by Gasteiger charge is -2.25. The minimum Gasteiger partial charge on any atom is -0.299 e. The zero-order valence-corrected chi connectivity index (χ0v) is 13.7. The summed E-state index contributed by atoms with van der Waals surface area (Å²) in [6.45, 7) is 4.34. The summed E-state index contributed by atoms with van der Waals surface area (Å²) in [5.74, 6) is 1.34. The van der Waals surface area contributed by atoms with Crippen LogP contribution in [0.1, 0.15) is 50.9 Å². The molecule has 4 heteroatoms. The molecule has 0 amide bonds. The summed E-state index contributed by atoms with van der Waals surface area (Å²) < 4.78 is 2.88. The van der Waals surface area contributed by atoms with Crippen LogP contribution in [0.5, 0.6) is 0 Å². The van der Waals surface area contributed by atoms with Gasteiger partial charge in [0.15, 0.2) is 0 Å². The molecule has 19 heavy (non-hydrogen) atoms. The van der Waals surface area contributed by atoms with Crippen LogP contribution in [0.25, 0.3) is 0 Å². The zero-order valence-electron chi connectivity index (χ0n) is 12.1. The van der Waals surface area contributed by atoms with Gasteiger partial charge in [-0.1, -0.05) is 26.7 Å². The number of hydrogen-bond donors (Lipinski definition) is 0. The van der Waals surface area contributed by atoms with E-state index in [1.54, 1.807) is 0 Å². The summed E-state index contributed by atoms with van der Waals surface area (Å²) in [5.41, 5.74) is 2.07. The van der Waals surface area contributed by atoms with E-state index < -0.39 is 0 Å². The molecule has 0 N–H and O–H groups in total. The lowest BCUT2D eigenvalue weighted by atomic mass is 9.79. The second-order valence-electron chi connectivity index (χ2n) is 5.80. The summed E-state index contributed by atoms with van der Waals surface area (Å²) in [6.07, 6.45) is 6.02. The number of halogens is 1. The maximum Gasteiger partial charge on any atom is 0.141 e. The number of nitrogens with zero attached hydrogens (tertiary/aromatic N) is 2. The van der Waals surface area contributed by atoms with E-state index >= 15 is 0 Å². The van der Waals surface area contributed by atoms with Crippen LogP contribution in [0.3, 0.4) is 0 Å². The van der Waals surface area contributed by atoms with Gasteiger partial charge >= 0.3 is 0 Å². The summed E-state index contributed by atoms with van der Waals surface area (Å²) in [5, 5.41) is 4.46. The highest BCUT2D eigenvalue weighted by atomic mass is 79.9. The van der Waals surface area contributed by atoms with Crippen LogP contribution in [0, 0.1) is 11.8 Å². The molecule has 1 aromatic heterocycles. The molecule has 0 radical (unpaired) electrons. The van der Waals surface area contributed by atoms with E-state index in [0.717, 1.165) is 35.1 Å². The number of carbonyl (C=O) groups excluding carboxylic acids is 1. The van der Waals surface area contributed by atoms with Crippen LogP contribution >= 0.6 is 15.9 Å². The molecule has 3 nitrogen and oxygen atoms in total. The van der Waals surface area contributed by atoms with Gasteiger partial charge in [0.1, 0.15) is 5.78 Å². The molecule has 0 bridgehead atoms. The van der Waals surface area contributed by atoms with E-state index in [1.165, 1.54) is 12.8 Å². The molecule has 1 aliphatic carbocycles. The summed E-state index contributed by atoms with van der Waals surface area (Å²) in [7, 11) is 1.93. The van der Waals surface area contributed by atoms with Gasteiger partial charge in [-0.2, -0.15) is 5.10 Å².